The molecule has 59 heavy (non-hydrogen) atoms. The number of methoxy groups -OCH3 is 1. The molecule has 0 aliphatic carbocycles. The molecule has 0 spiro atoms. The number of ether oxygens (including phenoxy) is 1. The third-order valence-electron chi connectivity index (χ3n) is 7.70. The first-order chi connectivity index (χ1) is 28.8. The van der Waals surface area contributed by atoms with Crippen molar-refractivity contribution in [1.82, 2.24) is 75.6 Å². The van der Waals surface area contributed by atoms with Gasteiger partial charge in [0.25, 0.3) is 0 Å². The number of rotatable bonds is 7. The summed E-state index contributed by atoms with van der Waals surface area (Å²) in [7, 11) is 1.57. The van der Waals surface area contributed by atoms with Crippen LogP contribution in [-0.2, 0) is 0 Å². The molecule has 0 bridgehead atoms. The minimum absolute atomic E-state index is 0.384. The molecule has 6 aromatic heterocycles. The van der Waals surface area contributed by atoms with Gasteiger partial charge in [-0.05, 0) is 107 Å². The number of hydrogen-bond donors (Lipinski definition) is 0. The third kappa shape index (κ3) is 9.84. The summed E-state index contributed by atoms with van der Waals surface area (Å²) in [6, 6.07) is 33.6. The van der Waals surface area contributed by atoms with E-state index in [4.69, 9.17) is 56.4 Å². The molecule has 0 N–H and O–H groups in total. The quantitative estimate of drug-likeness (QED) is 0.151. The predicted molar refractivity (Wildman–Crippen MR) is 218 cm³/mol. The lowest BCUT2D eigenvalue weighted by molar-refractivity contribution is 0.409. The fraction of sp³-hybridized carbons (Fsp3) is 0.0263. The molecule has 17 nitrogen and oxygen atoms in total. The standard InChI is InChI=1S/C13H7ClN6.C13H10ClN5O.C12H7Cl2N5/c14-10-5-4-9(8-15)12(7-10)20-18-13(17-19-20)11-3-1-2-6-16-11;1-20-12-6-5-9(14)8-11(12)19-17-13(16-18-19)10-4-2-3-7-15-10;13-8-4-5-11(9(14)7-8)19-17-12(16-18-19)10-3-1-2-6-15-10/h1-7H;2-8H,1H3;1-7H. The first-order valence-corrected chi connectivity index (χ1v) is 18.4. The number of nitrogens with zero attached hydrogens (tertiary/aromatic N) is 16. The van der Waals surface area contributed by atoms with Crippen LogP contribution < -0.4 is 4.74 Å². The van der Waals surface area contributed by atoms with Gasteiger partial charge in [0.1, 0.15) is 46.0 Å². The maximum absolute atomic E-state index is 9.10. The Balaban J connectivity index is 0.000000134. The molecular weight excluding hydrogens is 838 g/mol. The fourth-order valence-electron chi connectivity index (χ4n) is 4.97. The van der Waals surface area contributed by atoms with Crippen molar-refractivity contribution in [1.29, 1.82) is 5.26 Å². The first kappa shape index (κ1) is 40.0. The number of halogens is 4. The third-order valence-corrected chi connectivity index (χ3v) is 8.71. The smallest absolute Gasteiger partial charge is 0.223 e. The van der Waals surface area contributed by atoms with Gasteiger partial charge in [0.15, 0.2) is 0 Å². The second-order valence-electron chi connectivity index (χ2n) is 11.5. The van der Waals surface area contributed by atoms with Crippen LogP contribution in [0, 0.1) is 11.3 Å². The Labute approximate surface area is 354 Å². The van der Waals surface area contributed by atoms with Crippen LogP contribution in [0.5, 0.6) is 5.75 Å². The Morgan fingerprint density at radius 2 is 0.949 bits per heavy atom. The molecule has 290 valence electrons. The first-order valence-electron chi connectivity index (χ1n) is 16.9. The summed E-state index contributed by atoms with van der Waals surface area (Å²) in [6.45, 7) is 0. The highest BCUT2D eigenvalue weighted by atomic mass is 35.5. The number of benzene rings is 3. The second kappa shape index (κ2) is 18.8. The average Bonchev–Trinajstić information content (AvgIpc) is 4.08. The van der Waals surface area contributed by atoms with Gasteiger partial charge >= 0.3 is 0 Å². The zero-order chi connectivity index (χ0) is 41.1. The topological polar surface area (TPSA) is 202 Å². The number of aromatic nitrogens is 15. The number of nitriles is 1. The summed E-state index contributed by atoms with van der Waals surface area (Å²) in [5.41, 5.74) is 4.04. The van der Waals surface area contributed by atoms with E-state index in [1.807, 2.05) is 42.5 Å². The summed E-state index contributed by atoms with van der Waals surface area (Å²) in [5.74, 6) is 1.87. The van der Waals surface area contributed by atoms with Crippen molar-refractivity contribution in [2.24, 2.45) is 0 Å². The van der Waals surface area contributed by atoms with Gasteiger partial charge < -0.3 is 4.74 Å². The maximum atomic E-state index is 9.10. The Bertz CT molecular complexity index is 2850. The van der Waals surface area contributed by atoms with Crippen LogP contribution in [0.4, 0.5) is 0 Å². The molecule has 0 amide bonds. The lowest BCUT2D eigenvalue weighted by Gasteiger charge is -2.06. The van der Waals surface area contributed by atoms with Crippen molar-refractivity contribution >= 4 is 46.4 Å². The Kier molecular flexibility index (Phi) is 12.7. The Morgan fingerprint density at radius 1 is 0.508 bits per heavy atom. The Morgan fingerprint density at radius 3 is 1.41 bits per heavy atom. The molecule has 0 aliphatic heterocycles. The van der Waals surface area contributed by atoms with Crippen LogP contribution >= 0.6 is 46.4 Å². The van der Waals surface area contributed by atoms with Crippen molar-refractivity contribution in [3.05, 3.63) is 153 Å². The zero-order valence-corrected chi connectivity index (χ0v) is 33.2. The highest BCUT2D eigenvalue weighted by molar-refractivity contribution is 6.35. The van der Waals surface area contributed by atoms with Gasteiger partial charge in [-0.25, -0.2) is 0 Å². The maximum Gasteiger partial charge on any atom is 0.223 e. The molecule has 0 atom stereocenters. The highest BCUT2D eigenvalue weighted by Crippen LogP contribution is 2.26. The van der Waals surface area contributed by atoms with Crippen molar-refractivity contribution in [2.75, 3.05) is 7.11 Å². The molecular formula is C38H24Cl4N16O. The van der Waals surface area contributed by atoms with Crippen LogP contribution in [0.3, 0.4) is 0 Å². The molecule has 21 heteroatoms. The van der Waals surface area contributed by atoms with Gasteiger partial charge in [-0.1, -0.05) is 64.6 Å². The van der Waals surface area contributed by atoms with E-state index in [0.717, 1.165) is 0 Å². The van der Waals surface area contributed by atoms with E-state index < -0.39 is 0 Å². The molecule has 0 saturated carbocycles. The zero-order valence-electron chi connectivity index (χ0n) is 30.2. The van der Waals surface area contributed by atoms with Crippen molar-refractivity contribution in [3.63, 3.8) is 0 Å². The molecule has 6 heterocycles. The molecule has 0 fully saturated rings. The van der Waals surface area contributed by atoms with E-state index in [-0.39, 0.29) is 0 Å². The molecule has 0 aliphatic rings. The van der Waals surface area contributed by atoms with Gasteiger partial charge in [-0.15, -0.1) is 45.0 Å². The van der Waals surface area contributed by atoms with Crippen LogP contribution in [0.25, 0.3) is 51.6 Å². The lowest BCUT2D eigenvalue weighted by atomic mass is 10.2. The summed E-state index contributed by atoms with van der Waals surface area (Å²) in [6.07, 6.45) is 5.00. The minimum Gasteiger partial charge on any atom is -0.494 e. The van der Waals surface area contributed by atoms with Crippen molar-refractivity contribution in [2.45, 2.75) is 0 Å². The molecule has 0 saturated heterocycles. The van der Waals surface area contributed by atoms with E-state index >= 15 is 0 Å². The van der Waals surface area contributed by atoms with E-state index in [2.05, 4.69) is 67.3 Å². The largest absolute Gasteiger partial charge is 0.494 e. The van der Waals surface area contributed by atoms with E-state index in [0.29, 0.717) is 83.0 Å². The normalized spacial score (nSPS) is 10.4. The van der Waals surface area contributed by atoms with Crippen molar-refractivity contribution < 1.29 is 4.74 Å². The van der Waals surface area contributed by atoms with Gasteiger partial charge in [0.05, 0.1) is 17.7 Å². The molecule has 3 aromatic carbocycles. The summed E-state index contributed by atoms with van der Waals surface area (Å²) in [5, 5.41) is 47.7. The van der Waals surface area contributed by atoms with Crippen LogP contribution in [0.1, 0.15) is 5.56 Å². The summed E-state index contributed by atoms with van der Waals surface area (Å²) in [4.78, 5) is 16.5. The fourth-order valence-corrected chi connectivity index (χ4v) is 5.79. The number of hydrogen-bond acceptors (Lipinski definition) is 14. The SMILES string of the molecule is COc1ccc(Cl)cc1-n1nnc(-c2ccccn2)n1.Clc1ccc(-n2nnc(-c3ccccn3)n2)c(Cl)c1.N#Cc1ccc(Cl)cc1-n1nnc(-c2ccccn2)n1. The monoisotopic (exact) mass is 860 g/mol. The van der Waals surface area contributed by atoms with Gasteiger partial charge in [-0.2, -0.15) is 5.26 Å². The van der Waals surface area contributed by atoms with Gasteiger partial charge in [0.2, 0.25) is 17.5 Å². The summed E-state index contributed by atoms with van der Waals surface area (Å²) < 4.78 is 5.27. The lowest BCUT2D eigenvalue weighted by Crippen LogP contribution is -2.02. The average molecular weight is 863 g/mol. The van der Waals surface area contributed by atoms with Crippen LogP contribution in [-0.4, -0.2) is 82.7 Å². The Hall–Kier alpha value is -7.23. The minimum atomic E-state index is 0.384. The van der Waals surface area contributed by atoms with Crippen molar-refractivity contribution in [3.8, 4) is 63.4 Å². The number of tetrazole rings is 3. The molecule has 0 unspecified atom stereocenters. The van der Waals surface area contributed by atoms with E-state index in [1.165, 1.54) is 14.4 Å². The molecule has 9 rings (SSSR count). The molecule has 9 aromatic rings. The van der Waals surface area contributed by atoms with E-state index in [1.54, 1.807) is 92.4 Å². The van der Waals surface area contributed by atoms with E-state index in [9.17, 15) is 0 Å². The second-order valence-corrected chi connectivity index (χ2v) is 13.3. The van der Waals surface area contributed by atoms with Gasteiger partial charge in [0, 0.05) is 33.7 Å². The predicted octanol–water partition coefficient (Wildman–Crippen LogP) is 7.67. The van der Waals surface area contributed by atoms with Gasteiger partial charge in [-0.3, -0.25) is 15.0 Å². The molecule has 0 radical (unpaired) electrons. The van der Waals surface area contributed by atoms with Crippen LogP contribution in [0.2, 0.25) is 20.1 Å². The summed E-state index contributed by atoms with van der Waals surface area (Å²) >= 11 is 23.9. The van der Waals surface area contributed by atoms with Crippen LogP contribution in [0.15, 0.2) is 128 Å². The highest BCUT2D eigenvalue weighted by Gasteiger charge is 2.14. The number of pyridine rings is 3.